The Morgan fingerprint density at radius 3 is 2.86 bits per heavy atom. The lowest BCUT2D eigenvalue weighted by Crippen LogP contribution is -2.38. The van der Waals surface area contributed by atoms with Crippen molar-refractivity contribution in [3.8, 4) is 11.4 Å². The molecule has 3 N–H and O–H groups in total. The molecule has 2 aliphatic rings. The zero-order valence-electron chi connectivity index (χ0n) is 19.2. The van der Waals surface area contributed by atoms with Crippen molar-refractivity contribution in [1.29, 1.82) is 0 Å². The third-order valence-corrected chi connectivity index (χ3v) is 8.92. The first-order chi connectivity index (χ1) is 16.7. The summed E-state index contributed by atoms with van der Waals surface area (Å²) in [4.78, 5) is 12.8. The molecule has 1 saturated carbocycles. The average Bonchev–Trinajstić information content (AvgIpc) is 3.21. The summed E-state index contributed by atoms with van der Waals surface area (Å²) < 4.78 is 55.5. The number of halogens is 2. The van der Waals surface area contributed by atoms with Crippen LogP contribution < -0.4 is 11.1 Å². The monoisotopic (exact) mass is 500 g/mol. The zero-order chi connectivity index (χ0) is 24.8. The van der Waals surface area contributed by atoms with Crippen molar-refractivity contribution in [3.63, 3.8) is 0 Å². The minimum absolute atomic E-state index is 0.0135. The number of rotatable bonds is 5. The van der Waals surface area contributed by atoms with Gasteiger partial charge in [0.15, 0.2) is 23.1 Å². The fraction of sp³-hybridized carbons (Fsp3) is 0.375. The molecule has 0 amide bonds. The molecule has 8 nitrogen and oxygen atoms in total. The molecule has 3 aromatic heterocycles. The molecule has 3 heterocycles. The van der Waals surface area contributed by atoms with Gasteiger partial charge in [0.1, 0.15) is 10.6 Å². The molecule has 0 radical (unpaired) electrons. The Kier molecular flexibility index (Phi) is 5.92. The van der Waals surface area contributed by atoms with Crippen molar-refractivity contribution in [2.24, 2.45) is 5.73 Å². The van der Waals surface area contributed by atoms with Gasteiger partial charge in [0.05, 0.1) is 6.20 Å². The van der Waals surface area contributed by atoms with E-state index >= 15 is 0 Å². The summed E-state index contributed by atoms with van der Waals surface area (Å²) in [5.41, 5.74) is 6.59. The van der Waals surface area contributed by atoms with Gasteiger partial charge in [0, 0.05) is 35.4 Å². The lowest BCUT2D eigenvalue weighted by molar-refractivity contribution is 0.407. The van der Waals surface area contributed by atoms with Gasteiger partial charge in [-0.1, -0.05) is 6.08 Å². The van der Waals surface area contributed by atoms with E-state index in [0.717, 1.165) is 35.5 Å². The number of pyridine rings is 1. The highest BCUT2D eigenvalue weighted by Gasteiger charge is 2.41. The van der Waals surface area contributed by atoms with E-state index < -0.39 is 26.4 Å². The van der Waals surface area contributed by atoms with Crippen LogP contribution in [0.15, 0.2) is 54.8 Å². The van der Waals surface area contributed by atoms with Crippen LogP contribution in [0.4, 0.5) is 14.6 Å². The summed E-state index contributed by atoms with van der Waals surface area (Å²) in [6.07, 6.45) is 11.3. The molecule has 11 heteroatoms. The molecular weight excluding hydrogens is 474 g/mol. The first kappa shape index (κ1) is 23.6. The van der Waals surface area contributed by atoms with Gasteiger partial charge in [0.25, 0.3) is 0 Å². The molecule has 3 atom stereocenters. The Morgan fingerprint density at radius 2 is 2.09 bits per heavy atom. The van der Waals surface area contributed by atoms with Crippen LogP contribution in [0.5, 0.6) is 0 Å². The normalized spacial score (nSPS) is 25.0. The largest absolute Gasteiger partial charge is 0.365 e. The molecule has 0 aromatic carbocycles. The van der Waals surface area contributed by atoms with Crippen LogP contribution >= 0.6 is 0 Å². The van der Waals surface area contributed by atoms with Gasteiger partial charge < -0.3 is 11.1 Å². The first-order valence-electron chi connectivity index (χ1n) is 11.5. The Morgan fingerprint density at radius 1 is 1.26 bits per heavy atom. The standard InChI is InChI=1S/C24H26F2N6O2S/c1-24(9-3-5-15(25)12-24)35(33,34)32-14-19(18-8-4-10-28-23(18)32)21-29-13-20(26)22(31-21)30-17-7-2-6-16(27)11-17/h3-5,8,10,12-14,16-17H,2,6-7,9,11,27H2,1H3,(H,29,30,31)/t16-,17+,24?/m1/s1. The number of hydrogen-bond donors (Lipinski definition) is 2. The summed E-state index contributed by atoms with van der Waals surface area (Å²) in [6.45, 7) is 1.46. The topological polar surface area (TPSA) is 116 Å². The van der Waals surface area contributed by atoms with Gasteiger partial charge >= 0.3 is 0 Å². The van der Waals surface area contributed by atoms with E-state index in [1.54, 1.807) is 12.1 Å². The number of fused-ring (bicyclic) bond motifs is 1. The summed E-state index contributed by atoms with van der Waals surface area (Å²) >= 11 is 0. The Bertz CT molecular complexity index is 1450. The maximum Gasteiger partial charge on any atom is 0.249 e. The second kappa shape index (κ2) is 8.80. The van der Waals surface area contributed by atoms with E-state index in [4.69, 9.17) is 5.73 Å². The third kappa shape index (κ3) is 4.23. The summed E-state index contributed by atoms with van der Waals surface area (Å²) in [5, 5.41) is 3.61. The number of nitrogens with one attached hydrogen (secondary N) is 1. The van der Waals surface area contributed by atoms with Crippen LogP contribution in [0.1, 0.15) is 39.0 Å². The van der Waals surface area contributed by atoms with Gasteiger partial charge in [0.2, 0.25) is 10.0 Å². The summed E-state index contributed by atoms with van der Waals surface area (Å²) in [5.74, 6) is -1.04. The number of aromatic nitrogens is 4. The minimum atomic E-state index is -4.13. The number of nitrogens with two attached hydrogens (primary N) is 1. The van der Waals surface area contributed by atoms with Gasteiger partial charge in [-0.3, -0.25) is 0 Å². The number of hydrogen-bond acceptors (Lipinski definition) is 7. The first-order valence-corrected chi connectivity index (χ1v) is 12.9. The molecule has 0 spiro atoms. The van der Waals surface area contributed by atoms with E-state index in [2.05, 4.69) is 20.3 Å². The maximum atomic E-state index is 14.6. The predicted molar refractivity (Wildman–Crippen MR) is 130 cm³/mol. The van der Waals surface area contributed by atoms with E-state index in [1.165, 1.54) is 31.5 Å². The molecule has 35 heavy (non-hydrogen) atoms. The molecule has 0 bridgehead atoms. The van der Waals surface area contributed by atoms with Gasteiger partial charge in [-0.15, -0.1) is 0 Å². The second-order valence-corrected chi connectivity index (χ2v) is 11.6. The van der Waals surface area contributed by atoms with Crippen molar-refractivity contribution in [2.45, 2.75) is 55.9 Å². The van der Waals surface area contributed by atoms with Crippen molar-refractivity contribution < 1.29 is 17.2 Å². The Labute approximate surface area is 202 Å². The van der Waals surface area contributed by atoms with Crippen molar-refractivity contribution in [1.82, 2.24) is 18.9 Å². The van der Waals surface area contributed by atoms with Crippen LogP contribution in [0.2, 0.25) is 0 Å². The molecule has 1 fully saturated rings. The molecule has 0 aliphatic heterocycles. The lowest BCUT2D eigenvalue weighted by Gasteiger charge is -2.27. The smallest absolute Gasteiger partial charge is 0.249 e. The summed E-state index contributed by atoms with van der Waals surface area (Å²) in [7, 11) is -4.13. The van der Waals surface area contributed by atoms with Crippen LogP contribution in [-0.4, -0.2) is 44.2 Å². The number of nitrogens with zero attached hydrogens (tertiary/aromatic N) is 4. The molecule has 3 aromatic rings. The van der Waals surface area contributed by atoms with E-state index in [0.29, 0.717) is 17.4 Å². The Hall–Kier alpha value is -3.18. The maximum absolute atomic E-state index is 14.6. The summed E-state index contributed by atoms with van der Waals surface area (Å²) in [6, 6.07) is 3.40. The highest BCUT2D eigenvalue weighted by atomic mass is 32.2. The minimum Gasteiger partial charge on any atom is -0.365 e. The lowest BCUT2D eigenvalue weighted by atomic mass is 9.92. The van der Waals surface area contributed by atoms with E-state index in [-0.39, 0.29) is 35.8 Å². The third-order valence-electron chi connectivity index (χ3n) is 6.66. The van der Waals surface area contributed by atoms with Crippen molar-refractivity contribution >= 4 is 26.9 Å². The molecule has 2 aliphatic carbocycles. The molecule has 184 valence electrons. The number of anilines is 1. The average molecular weight is 501 g/mol. The molecule has 0 saturated heterocycles. The van der Waals surface area contributed by atoms with E-state index in [9.17, 15) is 17.2 Å². The highest BCUT2D eigenvalue weighted by molar-refractivity contribution is 7.91. The van der Waals surface area contributed by atoms with Crippen LogP contribution in [0.25, 0.3) is 22.4 Å². The molecule has 1 unspecified atom stereocenters. The second-order valence-electron chi connectivity index (χ2n) is 9.32. The fourth-order valence-corrected chi connectivity index (χ4v) is 6.39. The number of allylic oxidation sites excluding steroid dienone is 3. The van der Waals surface area contributed by atoms with Crippen molar-refractivity contribution in [3.05, 3.63) is 60.6 Å². The highest BCUT2D eigenvalue weighted by Crippen LogP contribution is 2.36. The van der Waals surface area contributed by atoms with Gasteiger partial charge in [-0.05, 0) is 63.3 Å². The van der Waals surface area contributed by atoms with E-state index in [1.807, 2.05) is 0 Å². The van der Waals surface area contributed by atoms with Gasteiger partial charge in [-0.2, -0.15) is 0 Å². The predicted octanol–water partition coefficient (Wildman–Crippen LogP) is 4.06. The van der Waals surface area contributed by atoms with Crippen LogP contribution in [-0.2, 0) is 10.0 Å². The SMILES string of the molecule is CC1(S(=O)(=O)n2cc(-c3ncc(F)c(N[C@H]4CCC[C@@H](N)C4)n3)c3cccnc32)C=C(F)C=CC1. The Balaban J connectivity index is 1.59. The van der Waals surface area contributed by atoms with Crippen LogP contribution in [0.3, 0.4) is 0 Å². The molecular formula is C24H26F2N6O2S. The zero-order valence-corrected chi connectivity index (χ0v) is 20.0. The quantitative estimate of drug-likeness (QED) is 0.543. The fourth-order valence-electron chi connectivity index (χ4n) is 4.75. The molecule has 5 rings (SSSR count). The van der Waals surface area contributed by atoms with Crippen LogP contribution in [0, 0.1) is 5.82 Å². The van der Waals surface area contributed by atoms with Gasteiger partial charge in [-0.25, -0.2) is 36.1 Å². The van der Waals surface area contributed by atoms with Crippen molar-refractivity contribution in [2.75, 3.05) is 5.32 Å².